The van der Waals surface area contributed by atoms with Gasteiger partial charge in [-0.3, -0.25) is 14.8 Å². The van der Waals surface area contributed by atoms with Gasteiger partial charge in [0.15, 0.2) is 0 Å². The van der Waals surface area contributed by atoms with E-state index >= 15 is 0 Å². The first-order valence-corrected chi connectivity index (χ1v) is 13.0. The smallest absolute Gasteiger partial charge is 0.414 e. The number of aromatic nitrogens is 1. The second-order valence-corrected chi connectivity index (χ2v) is 10.4. The molecule has 3 aliphatic heterocycles. The Hall–Kier alpha value is -3.27. The Balaban J connectivity index is 1.11. The topological polar surface area (TPSA) is 87.2 Å². The number of methoxy groups -OCH3 is 1. The maximum absolute atomic E-state index is 12.6. The van der Waals surface area contributed by atoms with Crippen LogP contribution in [0.25, 0.3) is 10.9 Å². The number of aliphatic hydroxyl groups is 1. The molecule has 2 saturated heterocycles. The van der Waals surface area contributed by atoms with Crippen molar-refractivity contribution in [2.75, 3.05) is 43.5 Å². The summed E-state index contributed by atoms with van der Waals surface area (Å²) in [6.45, 7) is 2.58. The lowest BCUT2D eigenvalue weighted by atomic mass is 9.82. The van der Waals surface area contributed by atoms with Gasteiger partial charge in [0.05, 0.1) is 30.5 Å². The molecule has 1 atom stereocenters. The summed E-state index contributed by atoms with van der Waals surface area (Å²) in [6.07, 6.45) is 4.31. The highest BCUT2D eigenvalue weighted by Gasteiger charge is 2.38. The van der Waals surface area contributed by atoms with Crippen molar-refractivity contribution >= 4 is 40.1 Å². The lowest BCUT2D eigenvalue weighted by Gasteiger charge is -2.39. The molecule has 0 saturated carbocycles. The summed E-state index contributed by atoms with van der Waals surface area (Å²) in [7, 11) is 1.64. The van der Waals surface area contributed by atoms with Crippen LogP contribution >= 0.6 is 11.8 Å². The number of piperidine rings is 1. The molecule has 8 nitrogen and oxygen atoms in total. The summed E-state index contributed by atoms with van der Waals surface area (Å²) in [4.78, 5) is 22.2. The first kappa shape index (κ1) is 23.1. The van der Waals surface area contributed by atoms with Gasteiger partial charge in [0.25, 0.3) is 0 Å². The van der Waals surface area contributed by atoms with Gasteiger partial charge < -0.3 is 19.9 Å². The average Bonchev–Trinajstić information content (AvgIpc) is 3.28. The third kappa shape index (κ3) is 4.27. The van der Waals surface area contributed by atoms with E-state index < -0.39 is 5.60 Å². The van der Waals surface area contributed by atoms with E-state index in [1.807, 2.05) is 54.1 Å². The molecule has 0 radical (unpaired) electrons. The van der Waals surface area contributed by atoms with Crippen LogP contribution in [0.3, 0.4) is 0 Å². The van der Waals surface area contributed by atoms with Gasteiger partial charge in [0.2, 0.25) is 0 Å². The van der Waals surface area contributed by atoms with Gasteiger partial charge in [-0.2, -0.15) is 0 Å². The van der Waals surface area contributed by atoms with Gasteiger partial charge in [-0.1, -0.05) is 11.8 Å². The predicted octanol–water partition coefficient (Wildman–Crippen LogP) is 4.54. The standard InChI is InChI=1S/C27H28N4O4S/c1-34-19-3-4-23-21(15-19)22(6-9-28-23)27(33)7-11-30(12-8-27)16-20-17-31(26(32)35-20)18-2-5-25-24(14-18)29-10-13-36-25/h2-6,9-10,13-15,20,29,33H,7-8,11-12,16-17H2,1H3/t20-/m1/s1. The van der Waals surface area contributed by atoms with E-state index in [1.54, 1.807) is 30.0 Å². The van der Waals surface area contributed by atoms with Gasteiger partial charge in [0.1, 0.15) is 11.9 Å². The number of pyridine rings is 1. The number of thioether (sulfide) groups is 1. The van der Waals surface area contributed by atoms with E-state index in [4.69, 9.17) is 9.47 Å². The molecule has 0 bridgehead atoms. The Morgan fingerprint density at radius 1 is 1.22 bits per heavy atom. The molecule has 4 heterocycles. The summed E-state index contributed by atoms with van der Waals surface area (Å²) in [5, 5.41) is 17.8. The molecule has 2 aromatic carbocycles. The highest BCUT2D eigenvalue weighted by molar-refractivity contribution is 8.02. The highest BCUT2D eigenvalue weighted by atomic mass is 32.2. The van der Waals surface area contributed by atoms with Crippen LogP contribution < -0.4 is 15.0 Å². The van der Waals surface area contributed by atoms with Crippen molar-refractivity contribution in [3.63, 3.8) is 0 Å². The van der Waals surface area contributed by atoms with Gasteiger partial charge in [0, 0.05) is 48.0 Å². The minimum absolute atomic E-state index is 0.215. The SMILES string of the molecule is COc1ccc2nccc(C3(O)CCN(C[C@@H]4CN(c5ccc6c(c5)NC=CS6)C(=O)O4)CC3)c2c1. The number of fused-ring (bicyclic) bond motifs is 2. The number of anilines is 2. The lowest BCUT2D eigenvalue weighted by molar-refractivity contribution is -0.0314. The quantitative estimate of drug-likeness (QED) is 0.524. The summed E-state index contributed by atoms with van der Waals surface area (Å²) < 4.78 is 11.1. The van der Waals surface area contributed by atoms with Gasteiger partial charge in [-0.15, -0.1) is 0 Å². The number of benzene rings is 2. The van der Waals surface area contributed by atoms with E-state index in [0.717, 1.165) is 38.5 Å². The second kappa shape index (κ2) is 9.31. The molecule has 1 aromatic heterocycles. The molecule has 0 unspecified atom stereocenters. The molecule has 186 valence electrons. The molecule has 9 heteroatoms. The number of carbonyl (C=O) groups excluding carboxylic acids is 1. The maximum Gasteiger partial charge on any atom is 0.414 e. The van der Waals surface area contributed by atoms with Crippen LogP contribution in [0.5, 0.6) is 5.75 Å². The third-order valence-electron chi connectivity index (χ3n) is 7.25. The number of cyclic esters (lactones) is 1. The van der Waals surface area contributed by atoms with Crippen LogP contribution in [0.15, 0.2) is 65.2 Å². The summed E-state index contributed by atoms with van der Waals surface area (Å²) >= 11 is 1.65. The maximum atomic E-state index is 12.6. The fraction of sp³-hybridized carbons (Fsp3) is 0.333. The molecule has 3 aromatic rings. The summed E-state index contributed by atoms with van der Waals surface area (Å²) in [5.41, 5.74) is 2.61. The minimum atomic E-state index is -0.939. The fourth-order valence-electron chi connectivity index (χ4n) is 5.28. The molecule has 0 aliphatic carbocycles. The van der Waals surface area contributed by atoms with E-state index in [0.29, 0.717) is 39.0 Å². The van der Waals surface area contributed by atoms with Crippen LogP contribution in [-0.2, 0) is 10.3 Å². The number of nitrogens with one attached hydrogen (secondary N) is 1. The van der Waals surface area contributed by atoms with Crippen molar-refractivity contribution in [1.29, 1.82) is 0 Å². The van der Waals surface area contributed by atoms with E-state index in [2.05, 4.69) is 15.2 Å². The number of carbonyl (C=O) groups is 1. The van der Waals surface area contributed by atoms with Crippen molar-refractivity contribution in [3.8, 4) is 5.75 Å². The Morgan fingerprint density at radius 3 is 2.92 bits per heavy atom. The van der Waals surface area contributed by atoms with Crippen LogP contribution in [0, 0.1) is 0 Å². The number of hydrogen-bond acceptors (Lipinski definition) is 8. The molecule has 2 fully saturated rings. The highest BCUT2D eigenvalue weighted by Crippen LogP contribution is 2.38. The van der Waals surface area contributed by atoms with Crippen LogP contribution in [0.4, 0.5) is 16.2 Å². The molecule has 36 heavy (non-hydrogen) atoms. The molecule has 2 N–H and O–H groups in total. The number of hydrogen-bond donors (Lipinski definition) is 2. The zero-order valence-electron chi connectivity index (χ0n) is 20.0. The van der Waals surface area contributed by atoms with Crippen molar-refractivity contribution in [1.82, 2.24) is 9.88 Å². The third-order valence-corrected chi connectivity index (χ3v) is 8.13. The van der Waals surface area contributed by atoms with Gasteiger partial charge in [-0.05, 0) is 66.3 Å². The zero-order valence-corrected chi connectivity index (χ0v) is 20.8. The zero-order chi connectivity index (χ0) is 24.7. The Bertz CT molecular complexity index is 1340. The first-order chi connectivity index (χ1) is 17.5. The number of ether oxygens (including phenoxy) is 2. The molecular formula is C27H28N4O4S. The summed E-state index contributed by atoms with van der Waals surface area (Å²) in [6, 6.07) is 13.6. The number of amides is 1. The molecule has 1 amide bonds. The van der Waals surface area contributed by atoms with Crippen LogP contribution in [0.2, 0.25) is 0 Å². The number of nitrogens with zero attached hydrogens (tertiary/aromatic N) is 3. The predicted molar refractivity (Wildman–Crippen MR) is 141 cm³/mol. The summed E-state index contributed by atoms with van der Waals surface area (Å²) in [5.74, 6) is 0.746. The number of likely N-dealkylation sites (tertiary alicyclic amines) is 1. The second-order valence-electron chi connectivity index (χ2n) is 9.44. The van der Waals surface area contributed by atoms with Crippen LogP contribution in [0.1, 0.15) is 18.4 Å². The fourth-order valence-corrected chi connectivity index (χ4v) is 5.96. The van der Waals surface area contributed by atoms with E-state index in [-0.39, 0.29) is 12.2 Å². The molecular weight excluding hydrogens is 476 g/mol. The molecule has 3 aliphatic rings. The van der Waals surface area contributed by atoms with Crippen LogP contribution in [-0.4, -0.2) is 60.5 Å². The largest absolute Gasteiger partial charge is 0.497 e. The van der Waals surface area contributed by atoms with E-state index in [1.165, 1.54) is 0 Å². The Morgan fingerprint density at radius 2 is 2.08 bits per heavy atom. The van der Waals surface area contributed by atoms with Gasteiger partial charge >= 0.3 is 6.09 Å². The Labute approximate surface area is 213 Å². The molecule has 0 spiro atoms. The van der Waals surface area contributed by atoms with E-state index in [9.17, 15) is 9.90 Å². The number of rotatable bonds is 5. The lowest BCUT2D eigenvalue weighted by Crippen LogP contribution is -2.45. The first-order valence-electron chi connectivity index (χ1n) is 12.1. The average molecular weight is 505 g/mol. The van der Waals surface area contributed by atoms with Gasteiger partial charge in [-0.25, -0.2) is 4.79 Å². The van der Waals surface area contributed by atoms with Crippen molar-refractivity contribution in [2.45, 2.75) is 29.4 Å². The minimum Gasteiger partial charge on any atom is -0.497 e. The Kier molecular flexibility index (Phi) is 5.99. The van der Waals surface area contributed by atoms with Crippen molar-refractivity contribution < 1.29 is 19.4 Å². The van der Waals surface area contributed by atoms with Crippen molar-refractivity contribution in [3.05, 3.63) is 65.8 Å². The van der Waals surface area contributed by atoms with Crippen molar-refractivity contribution in [2.24, 2.45) is 0 Å². The normalized spacial score (nSPS) is 21.2. The molecule has 6 rings (SSSR count). The monoisotopic (exact) mass is 504 g/mol.